The molecule has 0 aromatic heterocycles. The third-order valence-electron chi connectivity index (χ3n) is 5.96. The molecule has 26 heavy (non-hydrogen) atoms. The van der Waals surface area contributed by atoms with E-state index in [1.807, 2.05) is 0 Å². The van der Waals surface area contributed by atoms with Crippen LogP contribution in [0, 0.1) is 5.41 Å². The molecule has 1 aliphatic rings. The first kappa shape index (κ1) is 24.3. The molecule has 0 aromatic rings. The van der Waals surface area contributed by atoms with Crippen LogP contribution in [0.4, 0.5) is 0 Å². The SMILES string of the molecule is CC[N](CC)[Hf]([N](CC)CC)([N](CC)CC)[C]1(CC(C)(C)C)C=CC=C1. The van der Waals surface area contributed by atoms with Gasteiger partial charge in [0.15, 0.2) is 0 Å². The van der Waals surface area contributed by atoms with Crippen molar-refractivity contribution in [2.24, 2.45) is 5.41 Å². The molecule has 0 fully saturated rings. The van der Waals surface area contributed by atoms with E-state index in [4.69, 9.17) is 0 Å². The monoisotopic (exact) mass is 531 g/mol. The Morgan fingerprint density at radius 3 is 1.19 bits per heavy atom. The fourth-order valence-corrected chi connectivity index (χ4v) is 30.5. The van der Waals surface area contributed by atoms with Gasteiger partial charge >= 0.3 is 170 Å². The molecule has 0 aliphatic heterocycles. The summed E-state index contributed by atoms with van der Waals surface area (Å²) in [7, 11) is 0. The van der Waals surface area contributed by atoms with Crippen molar-refractivity contribution in [2.45, 2.75) is 71.9 Å². The van der Waals surface area contributed by atoms with Gasteiger partial charge in [0.2, 0.25) is 0 Å². The molecule has 0 amide bonds. The minimum absolute atomic E-state index is 0.204. The second kappa shape index (κ2) is 10.1. The summed E-state index contributed by atoms with van der Waals surface area (Å²) < 4.78 is 8.99. The van der Waals surface area contributed by atoms with Crippen LogP contribution in [0.25, 0.3) is 0 Å². The van der Waals surface area contributed by atoms with E-state index in [0.29, 0.717) is 5.41 Å². The predicted molar refractivity (Wildman–Crippen MR) is 114 cm³/mol. The Morgan fingerprint density at radius 1 is 0.654 bits per heavy atom. The topological polar surface area (TPSA) is 9.72 Å². The molecule has 1 rings (SSSR count). The summed E-state index contributed by atoms with van der Waals surface area (Å²) in [6, 6.07) is 0. The molecular weight excluding hydrogens is 485 g/mol. The van der Waals surface area contributed by atoms with E-state index in [1.165, 1.54) is 6.42 Å². The van der Waals surface area contributed by atoms with Gasteiger partial charge in [-0.15, -0.1) is 0 Å². The zero-order valence-corrected chi connectivity index (χ0v) is 22.7. The molecule has 0 radical (unpaired) electrons. The molecule has 0 unspecified atom stereocenters. The molecular formula is C22H45HfN3. The maximum absolute atomic E-state index is 3.41. The summed E-state index contributed by atoms with van der Waals surface area (Å²) in [6.45, 7) is 28.4. The van der Waals surface area contributed by atoms with Crippen molar-refractivity contribution < 1.29 is 20.8 Å². The van der Waals surface area contributed by atoms with E-state index in [2.05, 4.69) is 95.3 Å². The van der Waals surface area contributed by atoms with Crippen LogP contribution in [-0.4, -0.2) is 47.9 Å². The first-order valence-corrected chi connectivity index (χ1v) is 17.5. The summed E-state index contributed by atoms with van der Waals surface area (Å²) in [4.78, 5) is 0. The molecule has 0 saturated carbocycles. The van der Waals surface area contributed by atoms with Gasteiger partial charge in [0.25, 0.3) is 0 Å². The minimum atomic E-state index is -3.41. The van der Waals surface area contributed by atoms with Gasteiger partial charge in [-0.2, -0.15) is 0 Å². The molecule has 0 saturated heterocycles. The van der Waals surface area contributed by atoms with E-state index >= 15 is 0 Å². The summed E-state index contributed by atoms with van der Waals surface area (Å²) >= 11 is -3.41. The van der Waals surface area contributed by atoms with Gasteiger partial charge in [-0.3, -0.25) is 0 Å². The van der Waals surface area contributed by atoms with E-state index in [0.717, 1.165) is 39.3 Å². The molecule has 0 bridgehead atoms. The molecule has 3 nitrogen and oxygen atoms in total. The van der Waals surface area contributed by atoms with Crippen molar-refractivity contribution in [1.29, 1.82) is 0 Å². The molecule has 4 heteroatoms. The van der Waals surface area contributed by atoms with Crippen molar-refractivity contribution in [1.82, 2.24) is 8.66 Å². The van der Waals surface area contributed by atoms with Crippen LogP contribution >= 0.6 is 0 Å². The van der Waals surface area contributed by atoms with Crippen LogP contribution in [0.1, 0.15) is 68.7 Å². The van der Waals surface area contributed by atoms with Crippen molar-refractivity contribution in [2.75, 3.05) is 39.3 Å². The number of hydrogen-bond acceptors (Lipinski definition) is 3. The average Bonchev–Trinajstić information content (AvgIpc) is 3.05. The van der Waals surface area contributed by atoms with Gasteiger partial charge in [0.1, 0.15) is 0 Å². The van der Waals surface area contributed by atoms with Crippen molar-refractivity contribution >= 4 is 0 Å². The molecule has 152 valence electrons. The predicted octanol–water partition coefficient (Wildman–Crippen LogP) is 5.63. The zero-order valence-electron chi connectivity index (χ0n) is 19.1. The normalized spacial score (nSPS) is 17.2. The van der Waals surface area contributed by atoms with E-state index in [1.54, 1.807) is 0 Å². The third-order valence-corrected chi connectivity index (χ3v) is 28.6. The summed E-state index contributed by atoms with van der Waals surface area (Å²) in [5.74, 6) is 0. The van der Waals surface area contributed by atoms with Crippen molar-refractivity contribution in [3.63, 3.8) is 0 Å². The fraction of sp³-hybridized carbons (Fsp3) is 0.818. The molecule has 0 atom stereocenters. The molecule has 0 spiro atoms. The number of hydrogen-bond donors (Lipinski definition) is 0. The van der Waals surface area contributed by atoms with Gasteiger partial charge in [-0.25, -0.2) is 0 Å². The molecule has 1 aliphatic carbocycles. The second-order valence-corrected chi connectivity index (χ2v) is 23.4. The second-order valence-electron chi connectivity index (χ2n) is 8.65. The number of nitrogens with zero attached hydrogens (tertiary/aromatic N) is 3. The summed E-state index contributed by atoms with van der Waals surface area (Å²) in [6.07, 6.45) is 11.1. The first-order valence-electron chi connectivity index (χ1n) is 10.8. The van der Waals surface area contributed by atoms with Crippen LogP contribution in [0.5, 0.6) is 0 Å². The van der Waals surface area contributed by atoms with Gasteiger partial charge in [0, 0.05) is 0 Å². The van der Waals surface area contributed by atoms with Crippen LogP contribution < -0.4 is 0 Å². The standard InChI is InChI=1S/C10H15.3C4H10N.Hf/c1-10(2,3)8-9-6-4-5-7-9;3*1-3-5-4-2;/h4-7H,8H2,1-3H3;3*3-4H2,1-2H3;/q;3*-1;+3. The Kier molecular flexibility index (Phi) is 9.46. The zero-order chi connectivity index (χ0) is 20.0. The van der Waals surface area contributed by atoms with Crippen molar-refractivity contribution in [3.05, 3.63) is 24.3 Å². The first-order chi connectivity index (χ1) is 12.2. The van der Waals surface area contributed by atoms with Gasteiger partial charge < -0.3 is 0 Å². The van der Waals surface area contributed by atoms with Crippen LogP contribution in [0.3, 0.4) is 0 Å². The van der Waals surface area contributed by atoms with Crippen LogP contribution in [-0.2, 0) is 20.8 Å². The quantitative estimate of drug-likeness (QED) is 0.321. The Balaban J connectivity index is 3.83. The van der Waals surface area contributed by atoms with E-state index in [9.17, 15) is 0 Å². The third kappa shape index (κ3) is 4.45. The van der Waals surface area contributed by atoms with Crippen LogP contribution in [0.2, 0.25) is 3.17 Å². The average molecular weight is 530 g/mol. The number of rotatable bonds is 11. The molecule has 0 N–H and O–H groups in total. The Morgan fingerprint density at radius 2 is 0.962 bits per heavy atom. The van der Waals surface area contributed by atoms with Gasteiger partial charge in [0.05, 0.1) is 0 Å². The van der Waals surface area contributed by atoms with E-state index < -0.39 is 20.8 Å². The number of allylic oxidation sites excluding steroid dienone is 4. The summed E-state index contributed by atoms with van der Waals surface area (Å²) in [5, 5.41) is 0. The maximum atomic E-state index is 2.93. The van der Waals surface area contributed by atoms with E-state index in [-0.39, 0.29) is 3.17 Å². The van der Waals surface area contributed by atoms with Crippen molar-refractivity contribution in [3.8, 4) is 0 Å². The molecule has 0 heterocycles. The Hall–Kier alpha value is 0.230. The van der Waals surface area contributed by atoms with Gasteiger partial charge in [-0.1, -0.05) is 0 Å². The summed E-state index contributed by atoms with van der Waals surface area (Å²) in [5.41, 5.74) is 0.303. The fourth-order valence-electron chi connectivity index (χ4n) is 5.32. The van der Waals surface area contributed by atoms with Gasteiger partial charge in [-0.05, 0) is 0 Å². The Bertz CT molecular complexity index is 423. The van der Waals surface area contributed by atoms with Crippen LogP contribution in [0.15, 0.2) is 24.3 Å². The Labute approximate surface area is 170 Å². The molecule has 0 aromatic carbocycles.